The first-order chi connectivity index (χ1) is 7.65. The number of hydrogen-bond donors (Lipinski definition) is 0. The number of likely N-dealkylation sites (tertiary alicyclic amines) is 1. The van der Waals surface area contributed by atoms with Crippen LogP contribution in [0.1, 0.15) is 66.7 Å². The van der Waals surface area contributed by atoms with Gasteiger partial charge in [0.25, 0.3) is 0 Å². The molecule has 1 rings (SSSR count). The smallest absolute Gasteiger partial charge is 0.222 e. The number of amides is 1. The summed E-state index contributed by atoms with van der Waals surface area (Å²) in [6.07, 6.45) is 5.36. The molecule has 0 aromatic rings. The number of nitrogens with zero attached hydrogens (tertiary/aromatic N) is 1. The molecule has 0 spiro atoms. The van der Waals surface area contributed by atoms with Crippen LogP contribution in [-0.2, 0) is 4.79 Å². The van der Waals surface area contributed by atoms with Gasteiger partial charge in [0, 0.05) is 19.0 Å². The lowest BCUT2D eigenvalue weighted by Crippen LogP contribution is -2.37. The highest BCUT2D eigenvalue weighted by atomic mass is 16.2. The highest BCUT2D eigenvalue weighted by Crippen LogP contribution is 2.22. The van der Waals surface area contributed by atoms with Gasteiger partial charge in [0.1, 0.15) is 0 Å². The Labute approximate surface area is 101 Å². The minimum absolute atomic E-state index is 0.379. The van der Waals surface area contributed by atoms with E-state index in [0.29, 0.717) is 17.9 Å². The Kier molecular flexibility index (Phi) is 8.32. The van der Waals surface area contributed by atoms with Crippen molar-refractivity contribution in [3.05, 3.63) is 0 Å². The third-order valence-corrected chi connectivity index (χ3v) is 2.92. The Morgan fingerprint density at radius 2 is 1.94 bits per heavy atom. The predicted octanol–water partition coefficient (Wildman–Crippen LogP) is 3.85. The molecule has 96 valence electrons. The molecule has 0 aromatic carbocycles. The normalized spacial score (nSPS) is 17.4. The van der Waals surface area contributed by atoms with Gasteiger partial charge in [0.15, 0.2) is 0 Å². The van der Waals surface area contributed by atoms with Gasteiger partial charge >= 0.3 is 0 Å². The van der Waals surface area contributed by atoms with Crippen LogP contribution in [0.2, 0.25) is 0 Å². The number of carbonyl (C=O) groups is 1. The minimum Gasteiger partial charge on any atom is -0.340 e. The van der Waals surface area contributed by atoms with Gasteiger partial charge < -0.3 is 4.90 Å². The second-order valence-corrected chi connectivity index (χ2v) is 4.76. The molecule has 1 amide bonds. The first-order valence-electron chi connectivity index (χ1n) is 6.94. The van der Waals surface area contributed by atoms with E-state index in [0.717, 1.165) is 19.4 Å². The second kappa shape index (κ2) is 8.60. The number of rotatable bonds is 5. The van der Waals surface area contributed by atoms with E-state index in [4.69, 9.17) is 0 Å². The van der Waals surface area contributed by atoms with E-state index in [1.165, 1.54) is 19.3 Å². The zero-order chi connectivity index (χ0) is 12.6. The largest absolute Gasteiger partial charge is 0.340 e. The Bertz CT molecular complexity index is 189. The predicted molar refractivity (Wildman–Crippen MR) is 70.4 cm³/mol. The van der Waals surface area contributed by atoms with Crippen molar-refractivity contribution in [1.29, 1.82) is 0 Å². The van der Waals surface area contributed by atoms with E-state index in [1.54, 1.807) is 0 Å². The van der Waals surface area contributed by atoms with Crippen molar-refractivity contribution < 1.29 is 4.79 Å². The number of carbonyl (C=O) groups excluding carboxylic acids is 1. The SMILES string of the molecule is CC.CCCC(CC(C)C)N1CCCC1=O. The highest BCUT2D eigenvalue weighted by Gasteiger charge is 2.27. The lowest BCUT2D eigenvalue weighted by atomic mass is 9.99. The van der Waals surface area contributed by atoms with Crippen LogP contribution in [0.5, 0.6) is 0 Å². The van der Waals surface area contributed by atoms with Gasteiger partial charge in [-0.2, -0.15) is 0 Å². The lowest BCUT2D eigenvalue weighted by molar-refractivity contribution is -0.130. The second-order valence-electron chi connectivity index (χ2n) is 4.76. The van der Waals surface area contributed by atoms with Gasteiger partial charge in [-0.05, 0) is 25.2 Å². The van der Waals surface area contributed by atoms with Gasteiger partial charge in [-0.25, -0.2) is 0 Å². The fraction of sp³-hybridized carbons (Fsp3) is 0.929. The third kappa shape index (κ3) is 5.00. The van der Waals surface area contributed by atoms with Crippen LogP contribution in [-0.4, -0.2) is 23.4 Å². The van der Waals surface area contributed by atoms with E-state index in [-0.39, 0.29) is 0 Å². The van der Waals surface area contributed by atoms with Crippen molar-refractivity contribution in [1.82, 2.24) is 4.90 Å². The molecule has 1 aliphatic rings. The Morgan fingerprint density at radius 1 is 1.31 bits per heavy atom. The van der Waals surface area contributed by atoms with Crippen LogP contribution in [0.15, 0.2) is 0 Å². The van der Waals surface area contributed by atoms with Gasteiger partial charge in [-0.15, -0.1) is 0 Å². The van der Waals surface area contributed by atoms with Crippen LogP contribution < -0.4 is 0 Å². The Balaban J connectivity index is 0.00000106. The fourth-order valence-corrected chi connectivity index (χ4v) is 2.33. The Morgan fingerprint density at radius 3 is 2.31 bits per heavy atom. The van der Waals surface area contributed by atoms with Crippen LogP contribution in [0, 0.1) is 5.92 Å². The van der Waals surface area contributed by atoms with Crippen molar-refractivity contribution in [3.8, 4) is 0 Å². The summed E-state index contributed by atoms with van der Waals surface area (Å²) in [4.78, 5) is 13.7. The molecule has 2 nitrogen and oxygen atoms in total. The average Bonchev–Trinajstić information content (AvgIpc) is 2.66. The van der Waals surface area contributed by atoms with E-state index >= 15 is 0 Å². The summed E-state index contributed by atoms with van der Waals surface area (Å²) in [6.45, 7) is 11.7. The first kappa shape index (κ1) is 15.5. The van der Waals surface area contributed by atoms with Crippen molar-refractivity contribution in [2.45, 2.75) is 72.8 Å². The molecule has 16 heavy (non-hydrogen) atoms. The summed E-state index contributed by atoms with van der Waals surface area (Å²) in [7, 11) is 0. The standard InChI is InChI=1S/C12H23NO.C2H6/c1-4-6-11(9-10(2)3)13-8-5-7-12(13)14;1-2/h10-11H,4-9H2,1-3H3;1-2H3. The van der Waals surface area contributed by atoms with Gasteiger partial charge in [0.2, 0.25) is 5.91 Å². The van der Waals surface area contributed by atoms with Gasteiger partial charge in [-0.3, -0.25) is 4.79 Å². The molecule has 1 fully saturated rings. The molecular weight excluding hydrogens is 198 g/mol. The summed E-state index contributed by atoms with van der Waals surface area (Å²) in [5, 5.41) is 0. The number of hydrogen-bond acceptors (Lipinski definition) is 1. The molecule has 1 heterocycles. The first-order valence-corrected chi connectivity index (χ1v) is 6.94. The fourth-order valence-electron chi connectivity index (χ4n) is 2.33. The van der Waals surface area contributed by atoms with E-state index < -0.39 is 0 Å². The molecule has 1 atom stereocenters. The summed E-state index contributed by atoms with van der Waals surface area (Å²) in [6, 6.07) is 0.509. The molecule has 0 bridgehead atoms. The molecule has 0 aromatic heterocycles. The summed E-state index contributed by atoms with van der Waals surface area (Å²) in [5.74, 6) is 1.07. The van der Waals surface area contributed by atoms with Crippen LogP contribution in [0.3, 0.4) is 0 Å². The minimum atomic E-state index is 0.379. The molecule has 0 radical (unpaired) electrons. The van der Waals surface area contributed by atoms with Crippen LogP contribution in [0.25, 0.3) is 0 Å². The Hall–Kier alpha value is -0.530. The molecule has 1 saturated heterocycles. The van der Waals surface area contributed by atoms with Gasteiger partial charge in [-0.1, -0.05) is 41.0 Å². The maximum Gasteiger partial charge on any atom is 0.222 e. The molecule has 2 heteroatoms. The maximum absolute atomic E-state index is 11.6. The molecule has 0 aliphatic carbocycles. The van der Waals surface area contributed by atoms with Crippen molar-refractivity contribution >= 4 is 5.91 Å². The van der Waals surface area contributed by atoms with E-state index in [9.17, 15) is 4.79 Å². The van der Waals surface area contributed by atoms with E-state index in [2.05, 4.69) is 25.7 Å². The van der Waals surface area contributed by atoms with Crippen molar-refractivity contribution in [2.75, 3.05) is 6.54 Å². The van der Waals surface area contributed by atoms with Crippen molar-refractivity contribution in [2.24, 2.45) is 5.92 Å². The zero-order valence-electron chi connectivity index (χ0n) is 11.8. The summed E-state index contributed by atoms with van der Waals surface area (Å²) in [5.41, 5.74) is 0. The molecule has 1 unspecified atom stereocenters. The molecule has 1 aliphatic heterocycles. The van der Waals surface area contributed by atoms with Crippen LogP contribution in [0.4, 0.5) is 0 Å². The lowest BCUT2D eigenvalue weighted by Gasteiger charge is -2.29. The summed E-state index contributed by atoms with van der Waals surface area (Å²) >= 11 is 0. The van der Waals surface area contributed by atoms with Gasteiger partial charge in [0.05, 0.1) is 0 Å². The van der Waals surface area contributed by atoms with Crippen LogP contribution >= 0.6 is 0 Å². The summed E-state index contributed by atoms with van der Waals surface area (Å²) < 4.78 is 0. The van der Waals surface area contributed by atoms with E-state index in [1.807, 2.05) is 13.8 Å². The highest BCUT2D eigenvalue weighted by molar-refractivity contribution is 5.78. The quantitative estimate of drug-likeness (QED) is 0.698. The molecule has 0 saturated carbocycles. The maximum atomic E-state index is 11.6. The third-order valence-electron chi connectivity index (χ3n) is 2.92. The topological polar surface area (TPSA) is 20.3 Å². The van der Waals surface area contributed by atoms with Crippen molar-refractivity contribution in [3.63, 3.8) is 0 Å². The zero-order valence-corrected chi connectivity index (χ0v) is 11.8. The molecular formula is C14H29NO. The average molecular weight is 227 g/mol. The molecule has 0 N–H and O–H groups in total. The monoisotopic (exact) mass is 227 g/mol.